The van der Waals surface area contributed by atoms with E-state index in [1.807, 2.05) is 6.92 Å². The zero-order valence-corrected chi connectivity index (χ0v) is 11.7. The Hall–Kier alpha value is -0.160. The Balaban J connectivity index is 0. The molecule has 4 heteroatoms. The van der Waals surface area contributed by atoms with Crippen LogP contribution in [0.5, 0.6) is 0 Å². The molecule has 0 aliphatic heterocycles. The van der Waals surface area contributed by atoms with Crippen LogP contribution in [0.2, 0.25) is 0 Å². The molecule has 0 rings (SSSR count). The van der Waals surface area contributed by atoms with Crippen molar-refractivity contribution in [3.63, 3.8) is 0 Å². The average Bonchev–Trinajstić information content (AvgIpc) is 2.35. The number of hydrogen-bond acceptors (Lipinski definition) is 4. The van der Waals surface area contributed by atoms with E-state index in [2.05, 4.69) is 13.8 Å². The van der Waals surface area contributed by atoms with Crippen LogP contribution >= 0.6 is 0 Å². The highest BCUT2D eigenvalue weighted by Crippen LogP contribution is 1.95. The monoisotopic (exact) mass is 250 g/mol. The number of rotatable bonds is 10. The van der Waals surface area contributed by atoms with Gasteiger partial charge in [-0.2, -0.15) is 0 Å². The summed E-state index contributed by atoms with van der Waals surface area (Å²) in [5, 5.41) is 16.6. The van der Waals surface area contributed by atoms with E-state index in [9.17, 15) is 0 Å². The third-order valence-corrected chi connectivity index (χ3v) is 2.06. The van der Waals surface area contributed by atoms with Crippen LogP contribution in [0.1, 0.15) is 52.9 Å². The maximum atomic E-state index is 8.41. The van der Waals surface area contributed by atoms with Crippen LogP contribution in [0.15, 0.2) is 0 Å². The van der Waals surface area contributed by atoms with Crippen LogP contribution in [0.4, 0.5) is 0 Å². The molecular formula is C13H30O4. The maximum absolute atomic E-state index is 8.41. The summed E-state index contributed by atoms with van der Waals surface area (Å²) in [4.78, 5) is 0. The normalized spacial score (nSPS) is 11.8. The number of hydrogen-bond donors (Lipinski definition) is 2. The Morgan fingerprint density at radius 2 is 1.41 bits per heavy atom. The molecule has 0 fully saturated rings. The molecule has 0 spiro atoms. The Morgan fingerprint density at radius 3 is 1.82 bits per heavy atom. The first-order chi connectivity index (χ1) is 8.22. The minimum atomic E-state index is -0.186. The Labute approximate surface area is 106 Å². The summed E-state index contributed by atoms with van der Waals surface area (Å²) < 4.78 is 10.3. The first kappa shape index (κ1) is 19.2. The number of aliphatic hydroxyl groups excluding tert-OH is 2. The highest BCUT2D eigenvalue weighted by atomic mass is 16.7. The summed E-state index contributed by atoms with van der Waals surface area (Å²) in [6.07, 6.45) is 5.33. The summed E-state index contributed by atoms with van der Waals surface area (Å²) in [6, 6.07) is 0. The number of aliphatic hydroxyl groups is 2. The van der Waals surface area contributed by atoms with Gasteiger partial charge in [0.05, 0.1) is 13.2 Å². The molecule has 0 saturated heterocycles. The van der Waals surface area contributed by atoms with Gasteiger partial charge in [0.15, 0.2) is 6.29 Å². The second kappa shape index (κ2) is 18.2. The summed E-state index contributed by atoms with van der Waals surface area (Å²) in [5.41, 5.74) is 0. The van der Waals surface area contributed by atoms with Crippen molar-refractivity contribution >= 4 is 0 Å². The van der Waals surface area contributed by atoms with Crippen molar-refractivity contribution in [2.45, 2.75) is 59.2 Å². The molecule has 0 aromatic rings. The zero-order valence-electron chi connectivity index (χ0n) is 11.7. The Kier molecular flexibility index (Phi) is 20.6. The molecule has 0 aliphatic carbocycles. The van der Waals surface area contributed by atoms with Crippen molar-refractivity contribution in [2.24, 2.45) is 0 Å². The lowest BCUT2D eigenvalue weighted by molar-refractivity contribution is -0.136. The van der Waals surface area contributed by atoms with Gasteiger partial charge >= 0.3 is 0 Å². The van der Waals surface area contributed by atoms with Gasteiger partial charge in [0, 0.05) is 13.2 Å². The summed E-state index contributed by atoms with van der Waals surface area (Å²) in [7, 11) is 0. The first-order valence-electron chi connectivity index (χ1n) is 6.67. The standard InChI is InChI=1S/C8H18O3.C5H12O/c1-3-4-6-10-8(2)11-7-5-9;1-2-3-4-5-6/h8-9H,3-7H2,1-2H3;6H,2-5H2,1H3. The second-order valence-corrected chi connectivity index (χ2v) is 3.82. The van der Waals surface area contributed by atoms with Gasteiger partial charge in [-0.15, -0.1) is 0 Å². The van der Waals surface area contributed by atoms with Crippen LogP contribution in [0.25, 0.3) is 0 Å². The topological polar surface area (TPSA) is 58.9 Å². The van der Waals surface area contributed by atoms with E-state index in [-0.39, 0.29) is 12.9 Å². The van der Waals surface area contributed by atoms with Gasteiger partial charge in [-0.1, -0.05) is 33.1 Å². The fourth-order valence-corrected chi connectivity index (χ4v) is 1.02. The fraction of sp³-hybridized carbons (Fsp3) is 1.00. The minimum Gasteiger partial charge on any atom is -0.396 e. The van der Waals surface area contributed by atoms with Crippen molar-refractivity contribution in [2.75, 3.05) is 26.4 Å². The summed E-state index contributed by atoms with van der Waals surface area (Å²) >= 11 is 0. The molecule has 2 N–H and O–H groups in total. The van der Waals surface area contributed by atoms with E-state index in [1.165, 1.54) is 6.42 Å². The van der Waals surface area contributed by atoms with Crippen molar-refractivity contribution in [3.8, 4) is 0 Å². The smallest absolute Gasteiger partial charge is 0.154 e. The van der Waals surface area contributed by atoms with Gasteiger partial charge in [-0.05, 0) is 19.8 Å². The highest BCUT2D eigenvalue weighted by molar-refractivity contribution is 4.35. The molecule has 0 heterocycles. The third-order valence-electron chi connectivity index (χ3n) is 2.06. The molecule has 0 amide bonds. The molecule has 1 atom stereocenters. The van der Waals surface area contributed by atoms with E-state index in [0.29, 0.717) is 13.2 Å². The molecule has 106 valence electrons. The summed E-state index contributed by atoms with van der Waals surface area (Å²) in [6.45, 7) is 7.58. The van der Waals surface area contributed by atoms with Crippen LogP contribution in [0, 0.1) is 0 Å². The second-order valence-electron chi connectivity index (χ2n) is 3.82. The molecule has 17 heavy (non-hydrogen) atoms. The number of unbranched alkanes of at least 4 members (excludes halogenated alkanes) is 3. The van der Waals surface area contributed by atoms with Gasteiger partial charge in [0.2, 0.25) is 0 Å². The molecule has 0 aromatic carbocycles. The van der Waals surface area contributed by atoms with Crippen molar-refractivity contribution in [1.82, 2.24) is 0 Å². The number of ether oxygens (including phenoxy) is 2. The predicted octanol–water partition coefficient (Wildman–Crippen LogP) is 2.33. The molecule has 4 nitrogen and oxygen atoms in total. The molecule has 1 unspecified atom stereocenters. The van der Waals surface area contributed by atoms with Crippen LogP contribution in [0.3, 0.4) is 0 Å². The molecular weight excluding hydrogens is 220 g/mol. The van der Waals surface area contributed by atoms with Crippen LogP contribution in [-0.2, 0) is 9.47 Å². The van der Waals surface area contributed by atoms with Crippen LogP contribution in [-0.4, -0.2) is 42.9 Å². The average molecular weight is 250 g/mol. The lowest BCUT2D eigenvalue weighted by atomic mass is 10.3. The molecule has 0 bridgehead atoms. The summed E-state index contributed by atoms with van der Waals surface area (Å²) in [5.74, 6) is 0. The van der Waals surface area contributed by atoms with E-state index >= 15 is 0 Å². The maximum Gasteiger partial charge on any atom is 0.154 e. The van der Waals surface area contributed by atoms with E-state index in [1.54, 1.807) is 0 Å². The molecule has 0 radical (unpaired) electrons. The van der Waals surface area contributed by atoms with E-state index in [4.69, 9.17) is 19.7 Å². The van der Waals surface area contributed by atoms with Crippen molar-refractivity contribution < 1.29 is 19.7 Å². The van der Waals surface area contributed by atoms with Gasteiger partial charge in [-0.25, -0.2) is 0 Å². The largest absolute Gasteiger partial charge is 0.396 e. The predicted molar refractivity (Wildman–Crippen MR) is 70.0 cm³/mol. The molecule has 0 aliphatic rings. The van der Waals surface area contributed by atoms with E-state index in [0.717, 1.165) is 32.3 Å². The lowest BCUT2D eigenvalue weighted by Gasteiger charge is -2.12. The SMILES string of the molecule is CCCCCO.CCCCOC(C)OCCO. The van der Waals surface area contributed by atoms with Crippen molar-refractivity contribution in [3.05, 3.63) is 0 Å². The highest BCUT2D eigenvalue weighted by Gasteiger charge is 1.99. The van der Waals surface area contributed by atoms with Crippen molar-refractivity contribution in [1.29, 1.82) is 0 Å². The van der Waals surface area contributed by atoms with Gasteiger partial charge in [0.1, 0.15) is 0 Å². The molecule has 0 aromatic heterocycles. The van der Waals surface area contributed by atoms with Gasteiger partial charge in [0.25, 0.3) is 0 Å². The fourth-order valence-electron chi connectivity index (χ4n) is 1.02. The van der Waals surface area contributed by atoms with Crippen LogP contribution < -0.4 is 0 Å². The zero-order chi connectivity index (χ0) is 13.4. The Morgan fingerprint density at radius 1 is 0.824 bits per heavy atom. The lowest BCUT2D eigenvalue weighted by Crippen LogP contribution is -2.15. The first-order valence-corrected chi connectivity index (χ1v) is 6.67. The van der Waals surface area contributed by atoms with Gasteiger partial charge in [-0.3, -0.25) is 0 Å². The van der Waals surface area contributed by atoms with Gasteiger partial charge < -0.3 is 19.7 Å². The molecule has 0 saturated carbocycles. The third kappa shape index (κ3) is 21.6. The Bertz CT molecular complexity index is 116. The quantitative estimate of drug-likeness (QED) is 0.461. The minimum absolute atomic E-state index is 0.0570. The van der Waals surface area contributed by atoms with E-state index < -0.39 is 0 Å².